The lowest BCUT2D eigenvalue weighted by atomic mass is 9.93. The zero-order valence-corrected chi connectivity index (χ0v) is 29.7. The average molecular weight is 678 g/mol. The van der Waals surface area contributed by atoms with Crippen LogP contribution in [0.25, 0.3) is 53.2 Å². The Kier molecular flexibility index (Phi) is 8.96. The van der Waals surface area contributed by atoms with E-state index in [0.717, 1.165) is 40.1 Å². The van der Waals surface area contributed by atoms with Gasteiger partial charge in [-0.05, 0) is 77.4 Å². The lowest BCUT2D eigenvalue weighted by Gasteiger charge is -2.34. The van der Waals surface area contributed by atoms with Gasteiger partial charge in [0.05, 0.1) is 13.2 Å². The summed E-state index contributed by atoms with van der Waals surface area (Å²) in [6.45, 7) is 5.95. The van der Waals surface area contributed by atoms with Crippen LogP contribution in [0.4, 0.5) is 11.4 Å². The van der Waals surface area contributed by atoms with Crippen molar-refractivity contribution in [1.82, 2.24) is 0 Å². The molecule has 0 amide bonds. The second kappa shape index (κ2) is 14.1. The minimum absolute atomic E-state index is 0.140. The first-order valence-electron chi connectivity index (χ1n) is 17.5. The van der Waals surface area contributed by atoms with E-state index < -0.39 is 0 Å². The van der Waals surface area contributed by atoms with Crippen molar-refractivity contribution in [2.45, 2.75) is 19.4 Å². The molecule has 1 aromatic heterocycles. The molecule has 1 heterocycles. The molecule has 0 radical (unpaired) electrons. The van der Waals surface area contributed by atoms with E-state index in [-0.39, 0.29) is 6.04 Å². The molecule has 0 spiro atoms. The molecule has 6 aromatic carbocycles. The highest BCUT2D eigenvalue weighted by atomic mass is 32.1. The van der Waals surface area contributed by atoms with Crippen LogP contribution < -0.4 is 9.64 Å². The van der Waals surface area contributed by atoms with Gasteiger partial charge in [0, 0.05) is 48.1 Å². The third-order valence-corrected chi connectivity index (χ3v) is 10.9. The van der Waals surface area contributed by atoms with Crippen LogP contribution in [0.1, 0.15) is 24.5 Å². The van der Waals surface area contributed by atoms with E-state index in [1.807, 2.05) is 36.5 Å². The first-order chi connectivity index (χ1) is 25.2. The summed E-state index contributed by atoms with van der Waals surface area (Å²) < 4.78 is 8.72. The standard InChI is InChI=1S/C48H39NOS/c1-4-12-34(13-5-2)41-18-11-19-42(48(41)50-3)36-24-29-39(30-25-36)49(45-20-10-15-35-14-6-7-16-40(35)45)38-27-22-33(23-28-38)37-26-31-47-44(32-37)43-17-8-9-21-46(43)51-47/h4-27,29-32,38H,1,28H2,2-3H3/b13-5-,34-12+. The Morgan fingerprint density at radius 1 is 0.784 bits per heavy atom. The van der Waals surface area contributed by atoms with E-state index in [1.165, 1.54) is 47.8 Å². The molecule has 0 aliphatic heterocycles. The number of benzene rings is 6. The minimum atomic E-state index is 0.140. The summed E-state index contributed by atoms with van der Waals surface area (Å²) in [5.41, 5.74) is 9.13. The molecule has 0 bridgehead atoms. The molecule has 248 valence electrons. The Morgan fingerprint density at radius 2 is 1.53 bits per heavy atom. The second-order valence-corrected chi connectivity index (χ2v) is 13.9. The van der Waals surface area contributed by atoms with Gasteiger partial charge in [-0.25, -0.2) is 0 Å². The number of ether oxygens (including phenoxy) is 1. The van der Waals surface area contributed by atoms with Gasteiger partial charge in [-0.2, -0.15) is 0 Å². The second-order valence-electron chi connectivity index (χ2n) is 12.8. The Bertz CT molecular complexity index is 2520. The summed E-state index contributed by atoms with van der Waals surface area (Å²) in [5.74, 6) is 0.851. The van der Waals surface area contributed by atoms with Gasteiger partial charge < -0.3 is 9.64 Å². The number of para-hydroxylation sites is 1. The molecule has 1 atom stereocenters. The summed E-state index contributed by atoms with van der Waals surface area (Å²) >= 11 is 1.86. The van der Waals surface area contributed by atoms with Crippen LogP contribution in [0, 0.1) is 0 Å². The first-order valence-corrected chi connectivity index (χ1v) is 18.3. The van der Waals surface area contributed by atoms with Gasteiger partial charge in [0.1, 0.15) is 5.75 Å². The molecular formula is C48H39NOS. The van der Waals surface area contributed by atoms with Gasteiger partial charge in [0.25, 0.3) is 0 Å². The maximum atomic E-state index is 6.05. The number of hydrogen-bond donors (Lipinski definition) is 0. The molecule has 0 saturated carbocycles. The molecule has 0 N–H and O–H groups in total. The quantitative estimate of drug-likeness (QED) is 0.141. The molecule has 8 rings (SSSR count). The Hall–Kier alpha value is -5.90. The van der Waals surface area contributed by atoms with E-state index in [0.29, 0.717) is 0 Å². The van der Waals surface area contributed by atoms with Crippen molar-refractivity contribution >= 4 is 64.8 Å². The van der Waals surface area contributed by atoms with Crippen LogP contribution in [0.5, 0.6) is 5.75 Å². The number of thiophene rings is 1. The number of fused-ring (bicyclic) bond motifs is 4. The first kappa shape index (κ1) is 32.3. The van der Waals surface area contributed by atoms with Crippen LogP contribution in [0.15, 0.2) is 177 Å². The zero-order valence-electron chi connectivity index (χ0n) is 28.9. The van der Waals surface area contributed by atoms with Crippen LogP contribution >= 0.6 is 11.3 Å². The van der Waals surface area contributed by atoms with Crippen LogP contribution in [-0.4, -0.2) is 13.2 Å². The van der Waals surface area contributed by atoms with E-state index in [4.69, 9.17) is 4.74 Å². The zero-order chi connectivity index (χ0) is 34.7. The molecule has 51 heavy (non-hydrogen) atoms. The highest BCUT2D eigenvalue weighted by Crippen LogP contribution is 2.42. The summed E-state index contributed by atoms with van der Waals surface area (Å²) in [6.07, 6.45) is 16.0. The average Bonchev–Trinajstić information content (AvgIpc) is 3.56. The number of rotatable bonds is 9. The number of allylic oxidation sites excluding steroid dienone is 7. The third kappa shape index (κ3) is 6.11. The topological polar surface area (TPSA) is 12.5 Å². The third-order valence-electron chi connectivity index (χ3n) is 9.78. The fraction of sp³-hybridized carbons (Fsp3) is 0.0833. The van der Waals surface area contributed by atoms with Gasteiger partial charge in [-0.1, -0.05) is 140 Å². The lowest BCUT2D eigenvalue weighted by molar-refractivity contribution is 0.415. The van der Waals surface area contributed by atoms with Gasteiger partial charge in [0.15, 0.2) is 0 Å². The van der Waals surface area contributed by atoms with Crippen molar-refractivity contribution in [3.05, 3.63) is 188 Å². The normalized spacial score (nSPS) is 14.7. The minimum Gasteiger partial charge on any atom is -0.495 e. The smallest absolute Gasteiger partial charge is 0.134 e. The summed E-state index contributed by atoms with van der Waals surface area (Å²) in [4.78, 5) is 2.50. The highest BCUT2D eigenvalue weighted by molar-refractivity contribution is 7.25. The van der Waals surface area contributed by atoms with Crippen LogP contribution in [-0.2, 0) is 0 Å². The SMILES string of the molecule is C=C/C=C(\C=C/C)c1cccc(-c2ccc(N(c3cccc4ccccc34)C3C=CC(c4ccc5sc6ccccc6c5c4)=CC3)cc2)c1OC. The predicted octanol–water partition coefficient (Wildman–Crippen LogP) is 13.6. The van der Waals surface area contributed by atoms with Crippen molar-refractivity contribution in [2.75, 3.05) is 12.0 Å². The molecule has 7 aromatic rings. The molecular weight excluding hydrogens is 639 g/mol. The Morgan fingerprint density at radius 3 is 2.31 bits per heavy atom. The molecule has 1 aliphatic rings. The molecule has 2 nitrogen and oxygen atoms in total. The largest absolute Gasteiger partial charge is 0.495 e. The van der Waals surface area contributed by atoms with Crippen molar-refractivity contribution in [3.63, 3.8) is 0 Å². The van der Waals surface area contributed by atoms with Crippen LogP contribution in [0.2, 0.25) is 0 Å². The Labute approximate surface area is 304 Å². The van der Waals surface area contributed by atoms with Gasteiger partial charge in [0.2, 0.25) is 0 Å². The summed E-state index contributed by atoms with van der Waals surface area (Å²) in [7, 11) is 1.75. The van der Waals surface area contributed by atoms with Gasteiger partial charge in [-0.3, -0.25) is 0 Å². The van der Waals surface area contributed by atoms with E-state index in [1.54, 1.807) is 7.11 Å². The van der Waals surface area contributed by atoms with E-state index >= 15 is 0 Å². The summed E-state index contributed by atoms with van der Waals surface area (Å²) in [5, 5.41) is 5.13. The van der Waals surface area contributed by atoms with Crippen molar-refractivity contribution in [3.8, 4) is 16.9 Å². The molecule has 0 fully saturated rings. The van der Waals surface area contributed by atoms with Crippen molar-refractivity contribution in [2.24, 2.45) is 0 Å². The fourth-order valence-electron chi connectivity index (χ4n) is 7.40. The van der Waals surface area contributed by atoms with Crippen molar-refractivity contribution < 1.29 is 4.74 Å². The number of nitrogens with zero attached hydrogens (tertiary/aromatic N) is 1. The predicted molar refractivity (Wildman–Crippen MR) is 222 cm³/mol. The highest BCUT2D eigenvalue weighted by Gasteiger charge is 2.23. The van der Waals surface area contributed by atoms with E-state index in [2.05, 4.69) is 163 Å². The maximum absolute atomic E-state index is 6.05. The van der Waals surface area contributed by atoms with Crippen LogP contribution in [0.3, 0.4) is 0 Å². The number of methoxy groups -OCH3 is 1. The Balaban J connectivity index is 1.17. The maximum Gasteiger partial charge on any atom is 0.134 e. The molecule has 1 unspecified atom stereocenters. The molecule has 3 heteroatoms. The number of hydrogen-bond acceptors (Lipinski definition) is 3. The van der Waals surface area contributed by atoms with E-state index in [9.17, 15) is 0 Å². The fourth-order valence-corrected chi connectivity index (χ4v) is 8.49. The van der Waals surface area contributed by atoms with Gasteiger partial charge >= 0.3 is 0 Å². The van der Waals surface area contributed by atoms with Crippen molar-refractivity contribution in [1.29, 1.82) is 0 Å². The molecule has 1 aliphatic carbocycles. The summed E-state index contributed by atoms with van der Waals surface area (Å²) in [6, 6.07) is 46.3. The molecule has 0 saturated heterocycles. The number of anilines is 2. The van der Waals surface area contributed by atoms with Gasteiger partial charge in [-0.15, -0.1) is 11.3 Å². The monoisotopic (exact) mass is 677 g/mol. The lowest BCUT2D eigenvalue weighted by Crippen LogP contribution is -2.30.